The van der Waals surface area contributed by atoms with Crippen molar-refractivity contribution in [1.29, 1.82) is 0 Å². The maximum Gasteiger partial charge on any atom is 0.187 e. The van der Waals surface area contributed by atoms with E-state index in [0.29, 0.717) is 16.9 Å². The van der Waals surface area contributed by atoms with E-state index >= 15 is 0 Å². The third kappa shape index (κ3) is 5.75. The molecule has 0 saturated heterocycles. The second-order valence-corrected chi connectivity index (χ2v) is 13.0. The number of rotatable bonds is 9. The molecule has 1 aromatic heterocycles. The lowest BCUT2D eigenvalue weighted by atomic mass is 10.1. The Bertz CT molecular complexity index is 1550. The molecule has 0 amide bonds. The van der Waals surface area contributed by atoms with Gasteiger partial charge in [0.05, 0.1) is 39.0 Å². The number of benzene rings is 3. The first-order valence-electron chi connectivity index (χ1n) is 10.7. The van der Waals surface area contributed by atoms with Crippen molar-refractivity contribution in [2.24, 2.45) is 0 Å². The zero-order chi connectivity index (χ0) is 25.9. The van der Waals surface area contributed by atoms with E-state index in [9.17, 15) is 16.8 Å². The number of hydrogen-bond donors (Lipinski definition) is 0. The minimum atomic E-state index is -3.93. The minimum absolute atomic E-state index is 0.0122. The van der Waals surface area contributed by atoms with Crippen molar-refractivity contribution < 1.29 is 21.6 Å². The van der Waals surface area contributed by atoms with Crippen molar-refractivity contribution >= 4 is 42.9 Å². The molecule has 0 bridgehead atoms. The quantitative estimate of drug-likeness (QED) is 0.270. The van der Waals surface area contributed by atoms with Crippen molar-refractivity contribution in [3.63, 3.8) is 0 Å². The summed E-state index contributed by atoms with van der Waals surface area (Å²) in [6, 6.07) is 16.8. The summed E-state index contributed by atoms with van der Waals surface area (Å²) in [5.74, 6) is 0.434. The number of nitrogens with zero attached hydrogens (tertiary/aromatic N) is 2. The fourth-order valence-electron chi connectivity index (χ4n) is 3.70. The molecule has 188 valence electrons. The van der Waals surface area contributed by atoms with Gasteiger partial charge in [-0.1, -0.05) is 47.5 Å². The van der Waals surface area contributed by atoms with Crippen LogP contribution in [0.1, 0.15) is 16.4 Å². The van der Waals surface area contributed by atoms with Gasteiger partial charge in [0.2, 0.25) is 0 Å². The smallest absolute Gasteiger partial charge is 0.187 e. The van der Waals surface area contributed by atoms with Gasteiger partial charge in [-0.2, -0.15) is 0 Å². The van der Waals surface area contributed by atoms with Gasteiger partial charge >= 0.3 is 0 Å². The molecule has 0 aliphatic rings. The second-order valence-electron chi connectivity index (χ2n) is 8.05. The van der Waals surface area contributed by atoms with Crippen molar-refractivity contribution in [2.75, 3.05) is 7.11 Å². The molecule has 1 atom stereocenters. The number of methoxy groups -OCH3 is 1. The SMILES string of the molecule is COc1ccc(CS(=O)(=O)c2ccc(C(Cn3ccnc3)S(=O)(=O)c3ccc(Cl)c(Cl)c3)cc2)cc1. The first kappa shape index (κ1) is 26.2. The zero-order valence-corrected chi connectivity index (χ0v) is 22.2. The normalized spacial score (nSPS) is 12.9. The molecule has 0 N–H and O–H groups in total. The highest BCUT2D eigenvalue weighted by atomic mass is 35.5. The molecule has 7 nitrogen and oxygen atoms in total. The number of ether oxygens (including phenoxy) is 1. The van der Waals surface area contributed by atoms with Gasteiger partial charge in [0.15, 0.2) is 19.7 Å². The van der Waals surface area contributed by atoms with Crippen molar-refractivity contribution in [1.82, 2.24) is 9.55 Å². The Morgan fingerprint density at radius 1 is 0.889 bits per heavy atom. The molecule has 0 aliphatic heterocycles. The highest BCUT2D eigenvalue weighted by Gasteiger charge is 2.30. The molecule has 11 heteroatoms. The average Bonchev–Trinajstić information content (AvgIpc) is 3.38. The number of halogens is 2. The van der Waals surface area contributed by atoms with Gasteiger partial charge in [0, 0.05) is 18.9 Å². The van der Waals surface area contributed by atoms with Gasteiger partial charge in [-0.25, -0.2) is 21.8 Å². The number of hydrogen-bond acceptors (Lipinski definition) is 6. The van der Waals surface area contributed by atoms with Crippen LogP contribution in [0.25, 0.3) is 0 Å². The molecule has 0 aliphatic carbocycles. The van der Waals surface area contributed by atoms with Crippen LogP contribution in [0.15, 0.2) is 95.2 Å². The number of aromatic nitrogens is 2. The molecular formula is C25H22Cl2N2O5S2. The topological polar surface area (TPSA) is 95.3 Å². The monoisotopic (exact) mass is 564 g/mol. The van der Waals surface area contributed by atoms with Gasteiger partial charge < -0.3 is 9.30 Å². The summed E-state index contributed by atoms with van der Waals surface area (Å²) in [4.78, 5) is 4.09. The van der Waals surface area contributed by atoms with Crippen LogP contribution >= 0.6 is 23.2 Å². The van der Waals surface area contributed by atoms with E-state index in [1.165, 1.54) is 55.9 Å². The zero-order valence-electron chi connectivity index (χ0n) is 19.1. The van der Waals surface area contributed by atoms with Crippen molar-refractivity contribution in [3.8, 4) is 5.75 Å². The number of sulfone groups is 2. The summed E-state index contributed by atoms with van der Waals surface area (Å²) in [7, 11) is -6.05. The minimum Gasteiger partial charge on any atom is -0.497 e. The third-order valence-electron chi connectivity index (χ3n) is 5.66. The first-order chi connectivity index (χ1) is 17.1. The standard InChI is InChI=1S/C25H22Cl2N2O5S2/c1-34-20-6-2-18(3-7-20)16-35(30,31)21-8-4-19(5-9-21)25(15-29-13-12-28-17-29)36(32,33)22-10-11-23(26)24(27)14-22/h2-14,17,25H,15-16H2,1H3. The van der Waals surface area contributed by atoms with E-state index in [2.05, 4.69) is 4.98 Å². The van der Waals surface area contributed by atoms with Gasteiger partial charge in [-0.05, 0) is 53.6 Å². The summed E-state index contributed by atoms with van der Waals surface area (Å²) in [6.45, 7) is 0.0700. The lowest BCUT2D eigenvalue weighted by Gasteiger charge is -2.20. The summed E-state index contributed by atoms with van der Waals surface area (Å²) >= 11 is 12.1. The summed E-state index contributed by atoms with van der Waals surface area (Å²) in [5.41, 5.74) is 1.04. The van der Waals surface area contributed by atoms with Crippen LogP contribution < -0.4 is 4.74 Å². The Morgan fingerprint density at radius 2 is 1.56 bits per heavy atom. The molecule has 4 aromatic rings. The molecule has 36 heavy (non-hydrogen) atoms. The molecule has 3 aromatic carbocycles. The predicted octanol–water partition coefficient (Wildman–Crippen LogP) is 5.39. The van der Waals surface area contributed by atoms with Crippen LogP contribution in [-0.2, 0) is 32.0 Å². The number of imidazole rings is 1. The molecule has 4 rings (SSSR count). The third-order valence-corrected chi connectivity index (χ3v) is 10.2. The summed E-state index contributed by atoms with van der Waals surface area (Å²) in [5, 5.41) is -0.658. The van der Waals surface area contributed by atoms with E-state index < -0.39 is 24.9 Å². The van der Waals surface area contributed by atoms with Crippen LogP contribution in [-0.4, -0.2) is 33.5 Å². The summed E-state index contributed by atoms with van der Waals surface area (Å²) in [6.07, 6.45) is 4.73. The molecule has 1 heterocycles. The summed E-state index contributed by atoms with van der Waals surface area (Å²) < 4.78 is 60.0. The van der Waals surface area contributed by atoms with E-state index in [0.717, 1.165) is 0 Å². The maximum absolute atomic E-state index is 13.6. The Balaban J connectivity index is 1.66. The van der Waals surface area contributed by atoms with Gasteiger partial charge in [0.25, 0.3) is 0 Å². The van der Waals surface area contributed by atoms with E-state index in [1.807, 2.05) is 0 Å². The predicted molar refractivity (Wildman–Crippen MR) is 139 cm³/mol. The average molecular weight is 566 g/mol. The van der Waals surface area contributed by atoms with Crippen LogP contribution in [0.3, 0.4) is 0 Å². The molecule has 0 saturated carbocycles. The molecular weight excluding hydrogens is 543 g/mol. The molecule has 1 unspecified atom stereocenters. The Morgan fingerprint density at radius 3 is 2.14 bits per heavy atom. The Labute approximate surface area is 220 Å². The van der Waals surface area contributed by atoms with Crippen molar-refractivity contribution in [3.05, 3.63) is 107 Å². The van der Waals surface area contributed by atoms with E-state index in [1.54, 1.807) is 41.2 Å². The highest BCUT2D eigenvalue weighted by Crippen LogP contribution is 2.34. The van der Waals surface area contributed by atoms with Crippen LogP contribution in [0.2, 0.25) is 10.0 Å². The molecule has 0 radical (unpaired) electrons. The van der Waals surface area contributed by atoms with Crippen molar-refractivity contribution in [2.45, 2.75) is 27.3 Å². The maximum atomic E-state index is 13.6. The lowest BCUT2D eigenvalue weighted by molar-refractivity contribution is 0.414. The van der Waals surface area contributed by atoms with E-state index in [4.69, 9.17) is 27.9 Å². The van der Waals surface area contributed by atoms with Gasteiger partial charge in [0.1, 0.15) is 11.0 Å². The van der Waals surface area contributed by atoms with Crippen LogP contribution in [0.4, 0.5) is 0 Å². The first-order valence-corrected chi connectivity index (χ1v) is 14.7. The lowest BCUT2D eigenvalue weighted by Crippen LogP contribution is -2.19. The largest absolute Gasteiger partial charge is 0.497 e. The van der Waals surface area contributed by atoms with Crippen LogP contribution in [0.5, 0.6) is 5.75 Å². The molecule has 0 fully saturated rings. The van der Waals surface area contributed by atoms with Crippen LogP contribution in [0, 0.1) is 0 Å². The Hall–Kier alpha value is -2.85. The van der Waals surface area contributed by atoms with Gasteiger partial charge in [-0.15, -0.1) is 0 Å². The Kier molecular flexibility index (Phi) is 7.75. The van der Waals surface area contributed by atoms with E-state index in [-0.39, 0.29) is 32.1 Å². The van der Waals surface area contributed by atoms with Gasteiger partial charge in [-0.3, -0.25) is 0 Å². The highest BCUT2D eigenvalue weighted by molar-refractivity contribution is 7.91. The fourth-order valence-corrected chi connectivity index (χ4v) is 7.17. The fraction of sp³-hybridized carbons (Fsp3) is 0.160. The molecule has 0 spiro atoms. The second kappa shape index (κ2) is 10.6.